The largest absolute Gasteiger partial charge is 0.497 e. The second-order valence-electron chi connectivity index (χ2n) is 4.45. The number of aliphatic hydroxyl groups is 1. The standard InChI is InChI=1S/C14H17N3O4/c1-9-7-13(17-21-9)16-14(19)15-8-12(18)10-3-5-11(20-2)6-4-10/h3-7,12,18H,8H2,1-2H3,(H2,15,16,17,19). The molecule has 1 aromatic heterocycles. The highest BCUT2D eigenvalue weighted by molar-refractivity contribution is 5.88. The molecule has 2 aromatic rings. The van der Waals surface area contributed by atoms with Crippen molar-refractivity contribution in [3.63, 3.8) is 0 Å². The van der Waals surface area contributed by atoms with Gasteiger partial charge in [-0.15, -0.1) is 0 Å². The molecule has 7 nitrogen and oxygen atoms in total. The number of nitrogens with one attached hydrogen (secondary N) is 2. The number of hydrogen-bond acceptors (Lipinski definition) is 5. The zero-order chi connectivity index (χ0) is 15.2. The molecule has 2 rings (SSSR count). The Kier molecular flexibility index (Phi) is 4.78. The molecule has 2 amide bonds. The highest BCUT2D eigenvalue weighted by atomic mass is 16.5. The van der Waals surface area contributed by atoms with Crippen molar-refractivity contribution in [2.75, 3.05) is 19.0 Å². The summed E-state index contributed by atoms with van der Waals surface area (Å²) in [6.07, 6.45) is -0.805. The second-order valence-corrected chi connectivity index (χ2v) is 4.45. The number of urea groups is 1. The smallest absolute Gasteiger partial charge is 0.320 e. The molecule has 0 saturated heterocycles. The first kappa shape index (κ1) is 14.9. The maximum absolute atomic E-state index is 11.6. The van der Waals surface area contributed by atoms with Crippen molar-refractivity contribution in [2.45, 2.75) is 13.0 Å². The van der Waals surface area contributed by atoms with Crippen molar-refractivity contribution in [1.29, 1.82) is 0 Å². The van der Waals surface area contributed by atoms with Gasteiger partial charge < -0.3 is 19.7 Å². The number of aryl methyl sites for hydroxylation is 1. The van der Waals surface area contributed by atoms with E-state index in [0.29, 0.717) is 22.9 Å². The predicted molar refractivity (Wildman–Crippen MR) is 76.2 cm³/mol. The minimum atomic E-state index is -0.805. The summed E-state index contributed by atoms with van der Waals surface area (Å²) in [7, 11) is 1.57. The Morgan fingerprint density at radius 1 is 1.43 bits per heavy atom. The molecule has 7 heteroatoms. The topological polar surface area (TPSA) is 96.6 Å². The molecule has 0 saturated carbocycles. The van der Waals surface area contributed by atoms with Gasteiger partial charge in [-0.05, 0) is 24.6 Å². The fraction of sp³-hybridized carbons (Fsp3) is 0.286. The highest BCUT2D eigenvalue weighted by Crippen LogP contribution is 2.17. The molecule has 1 unspecified atom stereocenters. The number of nitrogens with zero attached hydrogens (tertiary/aromatic N) is 1. The van der Waals surface area contributed by atoms with E-state index in [-0.39, 0.29) is 6.54 Å². The van der Waals surface area contributed by atoms with Crippen molar-refractivity contribution >= 4 is 11.8 Å². The number of aromatic nitrogens is 1. The molecule has 0 radical (unpaired) electrons. The van der Waals surface area contributed by atoms with Crippen LogP contribution in [-0.4, -0.2) is 29.9 Å². The lowest BCUT2D eigenvalue weighted by Gasteiger charge is -2.12. The van der Waals surface area contributed by atoms with Crippen LogP contribution in [0.4, 0.5) is 10.6 Å². The van der Waals surface area contributed by atoms with Crippen LogP contribution in [-0.2, 0) is 0 Å². The summed E-state index contributed by atoms with van der Waals surface area (Å²) in [5.74, 6) is 1.63. The summed E-state index contributed by atoms with van der Waals surface area (Å²) < 4.78 is 9.87. The molecule has 0 fully saturated rings. The second kappa shape index (κ2) is 6.76. The van der Waals surface area contributed by atoms with E-state index in [0.717, 1.165) is 0 Å². The number of anilines is 1. The van der Waals surface area contributed by atoms with E-state index in [9.17, 15) is 9.90 Å². The van der Waals surface area contributed by atoms with Gasteiger partial charge in [-0.2, -0.15) is 0 Å². The molecular weight excluding hydrogens is 274 g/mol. The Hall–Kier alpha value is -2.54. The van der Waals surface area contributed by atoms with Gasteiger partial charge in [0.25, 0.3) is 0 Å². The predicted octanol–water partition coefficient (Wildman–Crippen LogP) is 1.85. The highest BCUT2D eigenvalue weighted by Gasteiger charge is 2.11. The van der Waals surface area contributed by atoms with Crippen molar-refractivity contribution < 1.29 is 19.2 Å². The molecular formula is C14H17N3O4. The lowest BCUT2D eigenvalue weighted by atomic mass is 10.1. The van der Waals surface area contributed by atoms with Crippen LogP contribution in [0.3, 0.4) is 0 Å². The fourth-order valence-electron chi connectivity index (χ4n) is 1.72. The summed E-state index contributed by atoms with van der Waals surface area (Å²) in [5, 5.41) is 18.7. The summed E-state index contributed by atoms with van der Waals surface area (Å²) in [4.78, 5) is 11.6. The molecule has 112 valence electrons. The third kappa shape index (κ3) is 4.22. The van der Waals surface area contributed by atoms with Crippen LogP contribution in [0.25, 0.3) is 0 Å². The van der Waals surface area contributed by atoms with Gasteiger partial charge in [0.2, 0.25) is 0 Å². The summed E-state index contributed by atoms with van der Waals surface area (Å²) in [6.45, 7) is 1.80. The van der Waals surface area contributed by atoms with E-state index in [1.807, 2.05) is 0 Å². The molecule has 0 bridgehead atoms. The fourth-order valence-corrected chi connectivity index (χ4v) is 1.72. The Morgan fingerprint density at radius 2 is 2.14 bits per heavy atom. The zero-order valence-corrected chi connectivity index (χ0v) is 11.8. The molecule has 21 heavy (non-hydrogen) atoms. The Balaban J connectivity index is 1.82. The van der Waals surface area contributed by atoms with Gasteiger partial charge >= 0.3 is 6.03 Å². The Morgan fingerprint density at radius 3 is 2.71 bits per heavy atom. The average molecular weight is 291 g/mol. The average Bonchev–Trinajstić information content (AvgIpc) is 2.90. The van der Waals surface area contributed by atoms with Crippen molar-refractivity contribution in [2.24, 2.45) is 0 Å². The molecule has 0 aliphatic heterocycles. The zero-order valence-electron chi connectivity index (χ0n) is 11.8. The molecule has 1 atom stereocenters. The summed E-state index contributed by atoms with van der Waals surface area (Å²) in [5.41, 5.74) is 0.688. The Labute approximate surface area is 121 Å². The minimum Gasteiger partial charge on any atom is -0.497 e. The maximum atomic E-state index is 11.6. The van der Waals surface area contributed by atoms with Gasteiger partial charge in [0.05, 0.1) is 13.2 Å². The quantitative estimate of drug-likeness (QED) is 0.781. The number of amides is 2. The van der Waals surface area contributed by atoms with Gasteiger partial charge in [-0.3, -0.25) is 5.32 Å². The van der Waals surface area contributed by atoms with Crippen molar-refractivity contribution in [3.8, 4) is 5.75 Å². The SMILES string of the molecule is COc1ccc(C(O)CNC(=O)Nc2cc(C)on2)cc1. The van der Waals surface area contributed by atoms with E-state index < -0.39 is 12.1 Å². The molecule has 1 aromatic carbocycles. The number of carbonyl (C=O) groups is 1. The van der Waals surface area contributed by atoms with Crippen LogP contribution >= 0.6 is 0 Å². The van der Waals surface area contributed by atoms with Gasteiger partial charge in [0.1, 0.15) is 11.5 Å². The lowest BCUT2D eigenvalue weighted by Crippen LogP contribution is -2.32. The maximum Gasteiger partial charge on any atom is 0.320 e. The van der Waals surface area contributed by atoms with Crippen LogP contribution in [0.5, 0.6) is 5.75 Å². The number of benzene rings is 1. The van der Waals surface area contributed by atoms with E-state index in [1.165, 1.54) is 0 Å². The number of carbonyl (C=O) groups excluding carboxylic acids is 1. The van der Waals surface area contributed by atoms with Crippen LogP contribution in [0.1, 0.15) is 17.4 Å². The summed E-state index contributed by atoms with van der Waals surface area (Å²) in [6, 6.07) is 8.11. The Bertz CT molecular complexity index is 595. The number of methoxy groups -OCH3 is 1. The first-order valence-electron chi connectivity index (χ1n) is 6.38. The molecule has 0 aliphatic carbocycles. The number of aliphatic hydroxyl groups excluding tert-OH is 1. The molecule has 0 spiro atoms. The van der Waals surface area contributed by atoms with Crippen molar-refractivity contribution in [3.05, 3.63) is 41.7 Å². The normalized spacial score (nSPS) is 11.8. The molecule has 1 heterocycles. The van der Waals surface area contributed by atoms with E-state index in [2.05, 4.69) is 15.8 Å². The van der Waals surface area contributed by atoms with Crippen LogP contribution < -0.4 is 15.4 Å². The minimum absolute atomic E-state index is 0.0784. The van der Waals surface area contributed by atoms with E-state index in [1.54, 1.807) is 44.4 Å². The van der Waals surface area contributed by atoms with Gasteiger partial charge in [-0.25, -0.2) is 4.79 Å². The van der Waals surface area contributed by atoms with Gasteiger partial charge in [-0.1, -0.05) is 17.3 Å². The van der Waals surface area contributed by atoms with Gasteiger partial charge in [0.15, 0.2) is 5.82 Å². The van der Waals surface area contributed by atoms with Gasteiger partial charge in [0, 0.05) is 12.6 Å². The first-order chi connectivity index (χ1) is 10.1. The third-order valence-corrected chi connectivity index (χ3v) is 2.83. The molecule has 0 aliphatic rings. The number of rotatable bonds is 5. The van der Waals surface area contributed by atoms with Crippen LogP contribution in [0.15, 0.2) is 34.9 Å². The van der Waals surface area contributed by atoms with E-state index >= 15 is 0 Å². The third-order valence-electron chi connectivity index (χ3n) is 2.83. The summed E-state index contributed by atoms with van der Waals surface area (Å²) >= 11 is 0. The molecule has 3 N–H and O–H groups in total. The lowest BCUT2D eigenvalue weighted by molar-refractivity contribution is 0.175. The van der Waals surface area contributed by atoms with Crippen LogP contribution in [0, 0.1) is 6.92 Å². The first-order valence-corrected chi connectivity index (χ1v) is 6.38. The van der Waals surface area contributed by atoms with Crippen LogP contribution in [0.2, 0.25) is 0 Å². The number of hydrogen-bond donors (Lipinski definition) is 3. The monoisotopic (exact) mass is 291 g/mol. The van der Waals surface area contributed by atoms with Crippen molar-refractivity contribution in [1.82, 2.24) is 10.5 Å². The number of ether oxygens (including phenoxy) is 1. The van der Waals surface area contributed by atoms with E-state index in [4.69, 9.17) is 9.26 Å².